The Balaban J connectivity index is 1.98. The maximum Gasteiger partial charge on any atom is 0.165 e. The number of benzene rings is 2. The molecule has 0 aromatic heterocycles. The molecule has 1 aliphatic carbocycles. The van der Waals surface area contributed by atoms with Crippen molar-refractivity contribution in [3.05, 3.63) is 46.5 Å². The predicted octanol–water partition coefficient (Wildman–Crippen LogP) is 3.94. The lowest BCUT2D eigenvalue weighted by Gasteiger charge is -2.42. The predicted molar refractivity (Wildman–Crippen MR) is 92.0 cm³/mol. The van der Waals surface area contributed by atoms with Crippen molar-refractivity contribution in [2.45, 2.75) is 39.2 Å². The van der Waals surface area contributed by atoms with Crippen LogP contribution in [0.15, 0.2) is 24.3 Å². The summed E-state index contributed by atoms with van der Waals surface area (Å²) >= 11 is 0. The van der Waals surface area contributed by atoms with Crippen LogP contribution in [-0.4, -0.2) is 28.2 Å². The lowest BCUT2D eigenvalue weighted by Crippen LogP contribution is -2.38. The highest BCUT2D eigenvalue weighted by Crippen LogP contribution is 2.50. The molecule has 2 aromatic carbocycles. The van der Waals surface area contributed by atoms with Crippen LogP contribution in [0, 0.1) is 6.92 Å². The number of phenols is 2. The second kappa shape index (κ2) is 5.27. The van der Waals surface area contributed by atoms with Gasteiger partial charge in [-0.2, -0.15) is 0 Å². The summed E-state index contributed by atoms with van der Waals surface area (Å²) in [6, 6.07) is 8.43. The first-order valence-corrected chi connectivity index (χ1v) is 8.51. The van der Waals surface area contributed by atoms with Gasteiger partial charge in [-0.1, -0.05) is 30.7 Å². The van der Waals surface area contributed by atoms with Crippen LogP contribution in [0.3, 0.4) is 0 Å². The van der Waals surface area contributed by atoms with Crippen molar-refractivity contribution >= 4 is 0 Å². The van der Waals surface area contributed by atoms with Gasteiger partial charge in [0.1, 0.15) is 0 Å². The molecule has 2 N–H and O–H groups in total. The summed E-state index contributed by atoms with van der Waals surface area (Å²) in [5.41, 5.74) is 7.07. The summed E-state index contributed by atoms with van der Waals surface area (Å²) in [4.78, 5) is 2.58. The van der Waals surface area contributed by atoms with Crippen LogP contribution in [0.1, 0.15) is 41.6 Å². The van der Waals surface area contributed by atoms with Gasteiger partial charge in [-0.25, -0.2) is 0 Å². The zero-order valence-electron chi connectivity index (χ0n) is 13.8. The summed E-state index contributed by atoms with van der Waals surface area (Å²) in [6.45, 7) is 6.55. The molecule has 0 radical (unpaired) electrons. The molecule has 4 rings (SSSR count). The summed E-state index contributed by atoms with van der Waals surface area (Å²) in [5, 5.41) is 20.4. The van der Waals surface area contributed by atoms with Gasteiger partial charge in [-0.15, -0.1) is 0 Å². The number of rotatable bonds is 2. The Morgan fingerprint density at radius 1 is 1.17 bits per heavy atom. The van der Waals surface area contributed by atoms with E-state index >= 15 is 0 Å². The number of aryl methyl sites for hydroxylation is 1. The fraction of sp³-hybridized carbons (Fsp3) is 0.400. The van der Waals surface area contributed by atoms with E-state index in [9.17, 15) is 10.2 Å². The van der Waals surface area contributed by atoms with Crippen LogP contribution in [-0.2, 0) is 12.8 Å². The number of fused-ring (bicyclic) bond motifs is 2. The van der Waals surface area contributed by atoms with Crippen LogP contribution in [0.25, 0.3) is 11.1 Å². The summed E-state index contributed by atoms with van der Waals surface area (Å²) in [7, 11) is 0. The zero-order chi connectivity index (χ0) is 16.1. The van der Waals surface area contributed by atoms with Crippen LogP contribution in [0.4, 0.5) is 0 Å². The Bertz CT molecular complexity index is 782. The Labute approximate surface area is 137 Å². The molecule has 1 heterocycles. The van der Waals surface area contributed by atoms with Crippen molar-refractivity contribution in [3.63, 3.8) is 0 Å². The minimum Gasteiger partial charge on any atom is -0.504 e. The van der Waals surface area contributed by atoms with Crippen molar-refractivity contribution in [1.29, 1.82) is 0 Å². The largest absolute Gasteiger partial charge is 0.504 e. The molecule has 1 aliphatic heterocycles. The van der Waals surface area contributed by atoms with Crippen LogP contribution >= 0.6 is 0 Å². The third kappa shape index (κ3) is 2.14. The van der Waals surface area contributed by atoms with E-state index in [1.54, 1.807) is 6.07 Å². The first kappa shape index (κ1) is 14.6. The number of phenolic OH excluding ortho intramolecular Hbond substituents is 2. The summed E-state index contributed by atoms with van der Waals surface area (Å²) in [6.07, 6.45) is 3.13. The van der Waals surface area contributed by atoms with E-state index in [4.69, 9.17) is 0 Å². The molecule has 0 bridgehead atoms. The van der Waals surface area contributed by atoms with Crippen LogP contribution in [0.5, 0.6) is 11.5 Å². The Kier molecular flexibility index (Phi) is 3.34. The van der Waals surface area contributed by atoms with Gasteiger partial charge < -0.3 is 10.2 Å². The molecule has 0 amide bonds. The molecular formula is C20H23NO2. The molecular weight excluding hydrogens is 286 g/mol. The van der Waals surface area contributed by atoms with Crippen molar-refractivity contribution in [2.75, 3.05) is 13.1 Å². The second-order valence-electron chi connectivity index (χ2n) is 6.86. The van der Waals surface area contributed by atoms with E-state index in [0.717, 1.165) is 49.0 Å². The summed E-state index contributed by atoms with van der Waals surface area (Å²) in [5.74, 6) is 0.0000415. The Morgan fingerprint density at radius 3 is 2.78 bits per heavy atom. The minimum absolute atomic E-state index is 0.0290. The zero-order valence-corrected chi connectivity index (χ0v) is 13.8. The van der Waals surface area contributed by atoms with Gasteiger partial charge in [0.2, 0.25) is 0 Å². The molecule has 0 saturated carbocycles. The van der Waals surface area contributed by atoms with E-state index in [1.807, 2.05) is 6.07 Å². The molecule has 120 valence electrons. The standard InChI is InChI=1S/C20H23NO2/c1-3-7-21-8-6-14-9-12(2)10-15-18(14)16(21)11-13-4-5-17(22)20(23)19(13)15/h4-5,9-10,16,22-23H,3,6-8,11H2,1-2H3. The van der Waals surface area contributed by atoms with E-state index in [2.05, 4.69) is 30.9 Å². The second-order valence-corrected chi connectivity index (χ2v) is 6.86. The molecule has 0 fully saturated rings. The van der Waals surface area contributed by atoms with Crippen molar-refractivity contribution in [3.8, 4) is 22.6 Å². The summed E-state index contributed by atoms with van der Waals surface area (Å²) < 4.78 is 0. The monoisotopic (exact) mass is 309 g/mol. The topological polar surface area (TPSA) is 43.7 Å². The van der Waals surface area contributed by atoms with Crippen LogP contribution < -0.4 is 0 Å². The fourth-order valence-corrected chi connectivity index (χ4v) is 4.37. The van der Waals surface area contributed by atoms with Gasteiger partial charge in [0.25, 0.3) is 0 Å². The lowest BCUT2D eigenvalue weighted by atomic mass is 9.76. The van der Waals surface area contributed by atoms with E-state index in [-0.39, 0.29) is 11.5 Å². The Hall–Kier alpha value is -2.00. The number of nitrogens with zero attached hydrogens (tertiary/aromatic N) is 1. The first-order chi connectivity index (χ1) is 11.1. The quantitative estimate of drug-likeness (QED) is 0.826. The highest BCUT2D eigenvalue weighted by Gasteiger charge is 2.35. The Morgan fingerprint density at radius 2 is 2.00 bits per heavy atom. The fourth-order valence-electron chi connectivity index (χ4n) is 4.37. The maximum absolute atomic E-state index is 10.5. The van der Waals surface area contributed by atoms with E-state index in [0.29, 0.717) is 6.04 Å². The molecule has 2 aromatic rings. The molecule has 1 atom stereocenters. The highest BCUT2D eigenvalue weighted by molar-refractivity contribution is 5.82. The van der Waals surface area contributed by atoms with E-state index in [1.165, 1.54) is 16.7 Å². The van der Waals surface area contributed by atoms with Crippen molar-refractivity contribution < 1.29 is 10.2 Å². The normalized spacial score (nSPS) is 19.3. The van der Waals surface area contributed by atoms with Crippen LogP contribution in [0.2, 0.25) is 0 Å². The average Bonchev–Trinajstić information content (AvgIpc) is 2.53. The molecule has 23 heavy (non-hydrogen) atoms. The van der Waals surface area contributed by atoms with E-state index < -0.39 is 0 Å². The number of hydrogen-bond acceptors (Lipinski definition) is 3. The van der Waals surface area contributed by atoms with Gasteiger partial charge in [-0.3, -0.25) is 4.90 Å². The van der Waals surface area contributed by atoms with Gasteiger partial charge in [-0.05, 0) is 61.1 Å². The minimum atomic E-state index is -0.0290. The number of hydrogen-bond donors (Lipinski definition) is 2. The smallest absolute Gasteiger partial charge is 0.165 e. The molecule has 1 unspecified atom stereocenters. The average molecular weight is 309 g/mol. The molecule has 0 spiro atoms. The molecule has 3 nitrogen and oxygen atoms in total. The van der Waals surface area contributed by atoms with Crippen molar-refractivity contribution in [1.82, 2.24) is 4.90 Å². The molecule has 2 aliphatic rings. The third-order valence-electron chi connectivity index (χ3n) is 5.29. The van der Waals surface area contributed by atoms with Gasteiger partial charge in [0.15, 0.2) is 11.5 Å². The van der Waals surface area contributed by atoms with Crippen molar-refractivity contribution in [2.24, 2.45) is 0 Å². The third-order valence-corrected chi connectivity index (χ3v) is 5.29. The molecule has 3 heteroatoms. The lowest BCUT2D eigenvalue weighted by molar-refractivity contribution is 0.183. The van der Waals surface area contributed by atoms with Gasteiger partial charge >= 0.3 is 0 Å². The first-order valence-electron chi connectivity index (χ1n) is 8.51. The highest BCUT2D eigenvalue weighted by atomic mass is 16.3. The maximum atomic E-state index is 10.5. The van der Waals surface area contributed by atoms with Gasteiger partial charge in [0, 0.05) is 18.2 Å². The number of aromatic hydroxyl groups is 2. The SMILES string of the molecule is CCCN1CCc2cc(C)cc3c2C1Cc1ccc(O)c(O)c1-3. The molecule has 0 saturated heterocycles. The van der Waals surface area contributed by atoms with Gasteiger partial charge in [0.05, 0.1) is 0 Å².